The number of hydrogen-bond acceptors (Lipinski definition) is 6. The fourth-order valence-corrected chi connectivity index (χ4v) is 5.58. The molecule has 1 aromatic heterocycles. The molecule has 40 heavy (non-hydrogen) atoms. The van der Waals surface area contributed by atoms with Crippen molar-refractivity contribution in [2.45, 2.75) is 70.2 Å². The third kappa shape index (κ3) is 4.72. The zero-order valence-corrected chi connectivity index (χ0v) is 22.0. The van der Waals surface area contributed by atoms with Crippen LogP contribution in [-0.2, 0) is 16.2 Å². The van der Waals surface area contributed by atoms with E-state index in [1.165, 1.54) is 10.8 Å². The molecule has 3 aliphatic heterocycles. The second kappa shape index (κ2) is 10.6. The molecular formula is C27H29F3N4O6. The number of unbranched alkanes of at least 4 members (excludes halogenated alkanes) is 1. The Hall–Kier alpha value is -3.87. The number of hydrogen-bond donors (Lipinski definition) is 2. The summed E-state index contributed by atoms with van der Waals surface area (Å²) in [6.45, 7) is 3.39. The number of ether oxygens (including phenoxy) is 1. The summed E-state index contributed by atoms with van der Waals surface area (Å²) in [4.78, 5) is 60.3. The minimum atomic E-state index is -1.20. The van der Waals surface area contributed by atoms with Gasteiger partial charge >= 0.3 is 0 Å². The summed E-state index contributed by atoms with van der Waals surface area (Å²) < 4.78 is 48.9. The van der Waals surface area contributed by atoms with Crippen molar-refractivity contribution in [2.24, 2.45) is 0 Å². The second-order valence-electron chi connectivity index (χ2n) is 10.4. The van der Waals surface area contributed by atoms with Crippen molar-refractivity contribution in [3.8, 4) is 5.75 Å². The number of benzene rings is 1. The van der Waals surface area contributed by atoms with Crippen LogP contribution in [0.2, 0.25) is 0 Å². The number of rotatable bonds is 7. The third-order valence-electron chi connectivity index (χ3n) is 7.83. The largest absolute Gasteiger partial charge is 0.487 e. The number of pyridine rings is 1. The maximum Gasteiger partial charge on any atom is 0.274 e. The zero-order chi connectivity index (χ0) is 28.8. The number of amides is 3. The highest BCUT2D eigenvalue weighted by atomic mass is 19.1. The molecule has 2 fully saturated rings. The highest BCUT2D eigenvalue weighted by Crippen LogP contribution is 2.45. The number of carbonyl (C=O) groups excluding carboxylic acids is 3. The molecule has 10 nitrogen and oxygen atoms in total. The van der Waals surface area contributed by atoms with Gasteiger partial charge < -0.3 is 19.5 Å². The molecule has 0 aliphatic carbocycles. The Labute approximate surface area is 227 Å². The molecule has 0 saturated carbocycles. The van der Waals surface area contributed by atoms with E-state index < -0.39 is 64.0 Å². The predicted octanol–water partition coefficient (Wildman–Crippen LogP) is 2.74. The van der Waals surface area contributed by atoms with Crippen LogP contribution >= 0.6 is 0 Å². The fourth-order valence-electron chi connectivity index (χ4n) is 5.58. The van der Waals surface area contributed by atoms with Gasteiger partial charge in [0, 0.05) is 43.0 Å². The van der Waals surface area contributed by atoms with Crippen molar-refractivity contribution in [1.82, 2.24) is 20.3 Å². The Morgan fingerprint density at radius 2 is 1.95 bits per heavy atom. The number of aromatic nitrogens is 1. The van der Waals surface area contributed by atoms with Gasteiger partial charge in [0.15, 0.2) is 11.4 Å². The van der Waals surface area contributed by atoms with Gasteiger partial charge in [-0.1, -0.05) is 13.3 Å². The number of nitrogens with one attached hydrogen (secondary N) is 2. The molecule has 0 unspecified atom stereocenters. The average molecular weight is 563 g/mol. The van der Waals surface area contributed by atoms with Gasteiger partial charge in [-0.2, -0.15) is 0 Å². The van der Waals surface area contributed by atoms with Gasteiger partial charge in [-0.15, -0.1) is 0 Å². The molecule has 3 atom stereocenters. The normalized spacial score (nSPS) is 23.6. The van der Waals surface area contributed by atoms with E-state index in [1.807, 2.05) is 13.8 Å². The minimum Gasteiger partial charge on any atom is -0.487 e. The first-order valence-electron chi connectivity index (χ1n) is 13.2. The molecule has 2 aromatic rings. The summed E-state index contributed by atoms with van der Waals surface area (Å²) in [5.41, 5.74) is -0.586. The number of halogens is 3. The average Bonchev–Trinajstić information content (AvgIpc) is 3.23. The summed E-state index contributed by atoms with van der Waals surface area (Å²) in [6.07, 6.45) is 3.48. The molecule has 1 spiro atoms. The lowest BCUT2D eigenvalue weighted by molar-refractivity contribution is -0.128. The van der Waals surface area contributed by atoms with Crippen LogP contribution in [0, 0.1) is 17.5 Å². The van der Waals surface area contributed by atoms with Gasteiger partial charge in [-0.05, 0) is 26.2 Å². The van der Waals surface area contributed by atoms with Gasteiger partial charge in [-0.25, -0.2) is 18.7 Å². The van der Waals surface area contributed by atoms with Gasteiger partial charge in [0.25, 0.3) is 11.8 Å². The van der Waals surface area contributed by atoms with Crippen LogP contribution in [0.15, 0.2) is 23.1 Å². The van der Waals surface area contributed by atoms with E-state index in [0.29, 0.717) is 31.4 Å². The first kappa shape index (κ1) is 27.7. The molecular weight excluding hydrogens is 533 g/mol. The van der Waals surface area contributed by atoms with Gasteiger partial charge in [0.2, 0.25) is 11.3 Å². The first-order chi connectivity index (χ1) is 19.1. The van der Waals surface area contributed by atoms with Crippen LogP contribution in [0.1, 0.15) is 78.4 Å². The van der Waals surface area contributed by atoms with Crippen molar-refractivity contribution in [3.05, 3.63) is 62.8 Å². The first-order valence-corrected chi connectivity index (χ1v) is 13.2. The number of carbonyl (C=O) groups is 3. The van der Waals surface area contributed by atoms with Crippen LogP contribution < -0.4 is 21.0 Å². The fraction of sp³-hybridized carbons (Fsp3) is 0.481. The Balaban J connectivity index is 1.60. The summed E-state index contributed by atoms with van der Waals surface area (Å²) in [6, 6.07) is 0.0960. The van der Waals surface area contributed by atoms with E-state index in [4.69, 9.17) is 9.57 Å². The molecule has 2 N–H and O–H groups in total. The maximum atomic E-state index is 14.2. The van der Waals surface area contributed by atoms with Crippen LogP contribution in [0.25, 0.3) is 0 Å². The van der Waals surface area contributed by atoms with Gasteiger partial charge in [-0.3, -0.25) is 24.0 Å². The molecule has 4 heterocycles. The Morgan fingerprint density at radius 3 is 2.60 bits per heavy atom. The van der Waals surface area contributed by atoms with Crippen LogP contribution in [0.3, 0.4) is 0 Å². The lowest BCUT2D eigenvalue weighted by Crippen LogP contribution is -2.52. The van der Waals surface area contributed by atoms with Crippen molar-refractivity contribution in [2.75, 3.05) is 13.2 Å². The van der Waals surface area contributed by atoms with E-state index >= 15 is 0 Å². The second-order valence-corrected chi connectivity index (χ2v) is 10.4. The van der Waals surface area contributed by atoms with Gasteiger partial charge in [0.05, 0.1) is 19.1 Å². The third-order valence-corrected chi connectivity index (χ3v) is 7.83. The summed E-state index contributed by atoms with van der Waals surface area (Å²) in [7, 11) is 0. The van der Waals surface area contributed by atoms with E-state index in [9.17, 15) is 32.3 Å². The topological polar surface area (TPSA) is 119 Å². The summed E-state index contributed by atoms with van der Waals surface area (Å²) in [5, 5.41) is 2.31. The molecule has 3 amide bonds. The molecule has 0 radical (unpaired) electrons. The van der Waals surface area contributed by atoms with Crippen molar-refractivity contribution >= 4 is 17.7 Å². The Morgan fingerprint density at radius 1 is 1.23 bits per heavy atom. The molecule has 214 valence electrons. The van der Waals surface area contributed by atoms with Crippen molar-refractivity contribution in [1.29, 1.82) is 0 Å². The SMILES string of the molecule is CCCCOc1c2n(cc(C(=O)NCc3c(F)cc(F)cc3F)c1=O)[C@@H]1CN(C2=O)[C@@H](C)CC[C@@]12CC(=O)NO2. The molecule has 2 saturated heterocycles. The summed E-state index contributed by atoms with van der Waals surface area (Å²) >= 11 is 0. The number of hydroxylamine groups is 1. The standard InChI is InChI=1S/C27H29F3N4O6/c1-3-4-7-39-24-22-26(38)33-13-20(27(6-5-14(33)2)10-21(35)32-40-27)34(22)12-17(23(24)36)25(37)31-11-16-18(29)8-15(28)9-19(16)30/h8-9,12,14,20H,3-7,10-11,13H2,1-2H3,(H,31,37)(H,32,35)/t14-,20+,27+/m0/s1. The minimum absolute atomic E-state index is 0.00859. The Bertz CT molecular complexity index is 1420. The zero-order valence-electron chi connectivity index (χ0n) is 22.0. The van der Waals surface area contributed by atoms with Crippen LogP contribution in [0.4, 0.5) is 13.2 Å². The van der Waals surface area contributed by atoms with Crippen LogP contribution in [-0.4, -0.2) is 52.0 Å². The van der Waals surface area contributed by atoms with Crippen molar-refractivity contribution < 1.29 is 37.1 Å². The predicted molar refractivity (Wildman–Crippen MR) is 134 cm³/mol. The maximum absolute atomic E-state index is 14.2. The lowest BCUT2D eigenvalue weighted by Gasteiger charge is -2.42. The number of nitrogens with zero attached hydrogens (tertiary/aromatic N) is 2. The van der Waals surface area contributed by atoms with Crippen molar-refractivity contribution in [3.63, 3.8) is 0 Å². The molecule has 13 heteroatoms. The monoisotopic (exact) mass is 562 g/mol. The summed E-state index contributed by atoms with van der Waals surface area (Å²) in [5.74, 6) is -5.58. The quantitative estimate of drug-likeness (QED) is 0.501. The van der Waals surface area contributed by atoms with E-state index in [1.54, 1.807) is 4.90 Å². The molecule has 2 bridgehead atoms. The molecule has 5 rings (SSSR count). The highest BCUT2D eigenvalue weighted by molar-refractivity contribution is 5.99. The van der Waals surface area contributed by atoms with E-state index in [2.05, 4.69) is 10.8 Å². The Kier molecular flexibility index (Phi) is 7.34. The number of fused-ring (bicyclic) bond motifs is 5. The van der Waals surface area contributed by atoms with Gasteiger partial charge in [0.1, 0.15) is 28.6 Å². The van der Waals surface area contributed by atoms with E-state index in [-0.39, 0.29) is 43.0 Å². The van der Waals surface area contributed by atoms with E-state index in [0.717, 1.165) is 6.42 Å². The molecule has 3 aliphatic rings. The highest BCUT2D eigenvalue weighted by Gasteiger charge is 2.54. The smallest absolute Gasteiger partial charge is 0.274 e. The van der Waals surface area contributed by atoms with Crippen LogP contribution in [0.5, 0.6) is 5.75 Å². The molecule has 1 aromatic carbocycles. The lowest BCUT2D eigenvalue weighted by atomic mass is 9.85.